The maximum Gasteiger partial charge on any atom is 0.212 e. The zero-order valence-corrected chi connectivity index (χ0v) is 26.6. The van der Waals surface area contributed by atoms with Gasteiger partial charge in [0.05, 0.1) is 0 Å². The lowest BCUT2D eigenvalue weighted by molar-refractivity contribution is 0.103. The number of nitrogens with zero attached hydrogens (tertiary/aromatic N) is 2. The zero-order chi connectivity index (χ0) is 29.7. The van der Waals surface area contributed by atoms with E-state index in [1.54, 1.807) is 11.8 Å². The van der Waals surface area contributed by atoms with Gasteiger partial charge in [0.15, 0.2) is 0 Å². The summed E-state index contributed by atoms with van der Waals surface area (Å²) in [5, 5.41) is 0. The van der Waals surface area contributed by atoms with Crippen LogP contribution in [-0.2, 0) is 32.1 Å². The topological polar surface area (TPSA) is 42.9 Å². The Morgan fingerprint density at radius 2 is 1.00 bits per heavy atom. The van der Waals surface area contributed by atoms with Gasteiger partial charge in [-0.05, 0) is 178 Å². The second kappa shape index (κ2) is 11.0. The lowest BCUT2D eigenvalue weighted by Crippen LogP contribution is -2.12. The minimum atomic E-state index is 0.0983. The fraction of sp³-hybridized carbons (Fsp3) is 0.395. The quantitative estimate of drug-likeness (QED) is 0.224. The van der Waals surface area contributed by atoms with Gasteiger partial charge in [-0.25, -0.2) is 0 Å². The Morgan fingerprint density at radius 3 is 1.66 bits per heavy atom. The molecule has 0 unspecified atom stereocenters. The molecule has 0 N–H and O–H groups in total. The van der Waals surface area contributed by atoms with Gasteiger partial charge in [0.2, 0.25) is 5.78 Å². The maximum atomic E-state index is 13.0. The van der Waals surface area contributed by atoms with E-state index in [0.717, 1.165) is 54.4 Å². The molecule has 4 aromatic rings. The first kappa shape index (κ1) is 28.9. The van der Waals surface area contributed by atoms with Gasteiger partial charge >= 0.3 is 0 Å². The first-order valence-corrected chi connectivity index (χ1v) is 15.0. The average Bonchev–Trinajstić information content (AvgIpc) is 3.23. The summed E-state index contributed by atoms with van der Waals surface area (Å²) in [6, 6.07) is 4.43. The van der Waals surface area contributed by atoms with Gasteiger partial charge in [0.25, 0.3) is 0 Å². The highest BCUT2D eigenvalue weighted by molar-refractivity contribution is 6.11. The van der Waals surface area contributed by atoms with Gasteiger partial charge in [0, 0.05) is 30.1 Å². The van der Waals surface area contributed by atoms with Crippen molar-refractivity contribution in [3.05, 3.63) is 125 Å². The third-order valence-corrected chi connectivity index (χ3v) is 10.1. The number of aromatic nitrogens is 2. The summed E-state index contributed by atoms with van der Waals surface area (Å²) in [6.07, 6.45) is 8.90. The molecule has 2 aliphatic carbocycles. The number of aryl methyl sites for hydroxylation is 4. The van der Waals surface area contributed by atoms with Gasteiger partial charge in [0.1, 0.15) is 5.69 Å². The van der Waals surface area contributed by atoms with Crippen molar-refractivity contribution in [2.75, 3.05) is 0 Å². The number of ketones is 1. The van der Waals surface area contributed by atoms with Crippen LogP contribution in [0.2, 0.25) is 0 Å². The number of pyridine rings is 2. The predicted molar refractivity (Wildman–Crippen MR) is 170 cm³/mol. The van der Waals surface area contributed by atoms with E-state index in [9.17, 15) is 4.79 Å². The number of carbonyl (C=O) groups is 1. The molecule has 0 spiro atoms. The number of fused-ring (bicyclic) bond motifs is 4. The highest BCUT2D eigenvalue weighted by Gasteiger charge is 2.27. The minimum absolute atomic E-state index is 0.0983. The monoisotopic (exact) mass is 544 g/mol. The van der Waals surface area contributed by atoms with Crippen molar-refractivity contribution in [3.8, 4) is 0 Å². The molecule has 2 aliphatic rings. The molecular weight excluding hydrogens is 500 g/mol. The van der Waals surface area contributed by atoms with E-state index in [1.807, 2.05) is 13.1 Å². The van der Waals surface area contributed by atoms with E-state index in [1.165, 1.54) is 66.9 Å². The van der Waals surface area contributed by atoms with Crippen molar-refractivity contribution >= 4 is 5.78 Å². The van der Waals surface area contributed by atoms with Crippen molar-refractivity contribution in [3.63, 3.8) is 0 Å². The Balaban J connectivity index is 0.000000165. The standard InChI is InChI=1S/C19H21NO.C19H23N/c1-10-8-15-6-7-16-13(4)11(2)12(3)14(5)17(16)19(21)18(15)20-9-10;1-11-8-16-6-7-17-14(4)12(2)13(3)15(5)18(17)9-19(16)20-10-11/h8-9H,6-7H2,1-5H3;8,10H,6-7,9H2,1-5H3. The van der Waals surface area contributed by atoms with Crippen LogP contribution < -0.4 is 0 Å². The smallest absolute Gasteiger partial charge is 0.212 e. The van der Waals surface area contributed by atoms with Crippen LogP contribution in [0.5, 0.6) is 0 Å². The summed E-state index contributed by atoms with van der Waals surface area (Å²) in [6.45, 7) is 21.7. The van der Waals surface area contributed by atoms with Gasteiger partial charge < -0.3 is 0 Å². The molecule has 0 atom stereocenters. The first-order chi connectivity index (χ1) is 19.4. The largest absolute Gasteiger partial charge is 0.287 e. The van der Waals surface area contributed by atoms with Crippen LogP contribution in [0.15, 0.2) is 24.5 Å². The second-order valence-electron chi connectivity index (χ2n) is 12.5. The molecule has 3 heteroatoms. The molecule has 0 bridgehead atoms. The summed E-state index contributed by atoms with van der Waals surface area (Å²) in [7, 11) is 0. The van der Waals surface area contributed by atoms with Crippen LogP contribution in [-0.4, -0.2) is 15.8 Å². The van der Waals surface area contributed by atoms with E-state index in [-0.39, 0.29) is 5.78 Å². The van der Waals surface area contributed by atoms with Gasteiger partial charge in [-0.1, -0.05) is 12.1 Å². The molecule has 2 aromatic carbocycles. The van der Waals surface area contributed by atoms with Gasteiger partial charge in [-0.2, -0.15) is 0 Å². The maximum absolute atomic E-state index is 13.0. The molecule has 3 nitrogen and oxygen atoms in total. The summed E-state index contributed by atoms with van der Waals surface area (Å²) >= 11 is 0. The molecule has 2 heterocycles. The minimum Gasteiger partial charge on any atom is -0.287 e. The van der Waals surface area contributed by atoms with E-state index in [2.05, 4.69) is 79.4 Å². The highest BCUT2D eigenvalue weighted by atomic mass is 16.1. The first-order valence-electron chi connectivity index (χ1n) is 15.0. The Kier molecular flexibility index (Phi) is 7.76. The van der Waals surface area contributed by atoms with Gasteiger partial charge in [-0.3, -0.25) is 14.8 Å². The van der Waals surface area contributed by atoms with E-state index >= 15 is 0 Å². The Morgan fingerprint density at radius 1 is 0.512 bits per heavy atom. The van der Waals surface area contributed by atoms with Crippen LogP contribution in [0, 0.1) is 69.2 Å². The molecule has 6 rings (SSSR count). The highest BCUT2D eigenvalue weighted by Crippen LogP contribution is 2.34. The molecule has 0 saturated carbocycles. The lowest BCUT2D eigenvalue weighted by atomic mass is 9.86. The van der Waals surface area contributed by atoms with Crippen molar-refractivity contribution in [2.45, 2.75) is 101 Å². The number of hydrogen-bond donors (Lipinski definition) is 0. The molecule has 0 radical (unpaired) electrons. The molecule has 0 amide bonds. The lowest BCUT2D eigenvalue weighted by Gasteiger charge is -2.19. The normalized spacial score (nSPS) is 13.7. The van der Waals surface area contributed by atoms with E-state index < -0.39 is 0 Å². The Labute approximate surface area is 246 Å². The van der Waals surface area contributed by atoms with Crippen LogP contribution in [0.1, 0.15) is 105 Å². The summed E-state index contributed by atoms with van der Waals surface area (Å²) < 4.78 is 0. The molecule has 212 valence electrons. The van der Waals surface area contributed by atoms with Gasteiger partial charge in [-0.15, -0.1) is 0 Å². The third kappa shape index (κ3) is 5.05. The number of rotatable bonds is 0. The van der Waals surface area contributed by atoms with Crippen LogP contribution >= 0.6 is 0 Å². The van der Waals surface area contributed by atoms with Crippen molar-refractivity contribution < 1.29 is 4.79 Å². The Hall–Kier alpha value is -3.59. The molecular formula is C38H44N2O. The number of hydrogen-bond acceptors (Lipinski definition) is 3. The second-order valence-corrected chi connectivity index (χ2v) is 12.5. The zero-order valence-electron chi connectivity index (χ0n) is 26.6. The van der Waals surface area contributed by atoms with E-state index in [4.69, 9.17) is 4.98 Å². The summed E-state index contributed by atoms with van der Waals surface area (Å²) in [5.41, 5.74) is 22.9. The molecule has 0 aliphatic heterocycles. The molecule has 41 heavy (non-hydrogen) atoms. The van der Waals surface area contributed by atoms with Crippen LogP contribution in [0.3, 0.4) is 0 Å². The SMILES string of the molecule is Cc1cnc2c(c1)CCc1c(C)c(C)c(C)c(C)c1C2.Cc1cnc2c(c1)CCc1c(C)c(C)c(C)c(C)c1C2=O. The fourth-order valence-electron chi connectivity index (χ4n) is 6.92. The number of carbonyl (C=O) groups excluding carboxylic acids is 1. The molecule has 0 fully saturated rings. The van der Waals surface area contributed by atoms with Crippen LogP contribution in [0.25, 0.3) is 0 Å². The van der Waals surface area contributed by atoms with Crippen molar-refractivity contribution in [1.82, 2.24) is 9.97 Å². The van der Waals surface area contributed by atoms with E-state index in [0.29, 0.717) is 5.69 Å². The average molecular weight is 545 g/mol. The van der Waals surface area contributed by atoms with Crippen LogP contribution in [0.4, 0.5) is 0 Å². The van der Waals surface area contributed by atoms with Crippen molar-refractivity contribution in [2.24, 2.45) is 0 Å². The summed E-state index contributed by atoms with van der Waals surface area (Å²) in [5.74, 6) is 0.0983. The Bertz CT molecular complexity index is 1720. The molecule has 2 aromatic heterocycles. The van der Waals surface area contributed by atoms with Crippen molar-refractivity contribution in [1.29, 1.82) is 0 Å². The fourth-order valence-corrected chi connectivity index (χ4v) is 6.92. The molecule has 0 saturated heterocycles. The third-order valence-electron chi connectivity index (χ3n) is 10.1. The number of benzene rings is 2. The summed E-state index contributed by atoms with van der Waals surface area (Å²) in [4.78, 5) is 22.1. The predicted octanol–water partition coefficient (Wildman–Crippen LogP) is 8.27.